The van der Waals surface area contributed by atoms with Gasteiger partial charge < -0.3 is 5.11 Å². The molecule has 1 aliphatic heterocycles. The molecule has 0 unspecified atom stereocenters. The summed E-state index contributed by atoms with van der Waals surface area (Å²) in [5, 5.41) is 10.5. The van der Waals surface area contributed by atoms with Gasteiger partial charge in [-0.1, -0.05) is 30.3 Å². The molecule has 3 rings (SSSR count). The largest absolute Gasteiger partial charge is 0.464 e. The summed E-state index contributed by atoms with van der Waals surface area (Å²) in [5.74, 6) is -1.57. The molecule has 0 aromatic heterocycles. The van der Waals surface area contributed by atoms with Crippen molar-refractivity contribution in [3.63, 3.8) is 0 Å². The fourth-order valence-electron chi connectivity index (χ4n) is 2.68. The number of benzene rings is 2. The van der Waals surface area contributed by atoms with Crippen LogP contribution in [-0.4, -0.2) is 27.9 Å². The molecule has 1 aliphatic rings. The van der Waals surface area contributed by atoms with E-state index in [2.05, 4.69) is 6.58 Å². The summed E-state index contributed by atoms with van der Waals surface area (Å²) < 4.78 is 0. The van der Waals surface area contributed by atoms with Crippen molar-refractivity contribution >= 4 is 28.7 Å². The molecule has 0 aliphatic carbocycles. The van der Waals surface area contributed by atoms with Gasteiger partial charge >= 0.3 is 6.09 Å². The molecule has 0 saturated carbocycles. The molecule has 5 nitrogen and oxygen atoms in total. The highest BCUT2D eigenvalue weighted by Crippen LogP contribution is 2.33. The third-order valence-corrected chi connectivity index (χ3v) is 3.52. The van der Waals surface area contributed by atoms with Crippen LogP contribution < -0.4 is 0 Å². The summed E-state index contributed by atoms with van der Waals surface area (Å²) >= 11 is 0. The normalized spacial score (nSPS) is 13.6. The Morgan fingerprint density at radius 2 is 1.86 bits per heavy atom. The lowest BCUT2D eigenvalue weighted by atomic mass is 9.94. The first-order valence-electron chi connectivity index (χ1n) is 6.33. The zero-order valence-corrected chi connectivity index (χ0v) is 11.0. The van der Waals surface area contributed by atoms with E-state index in [4.69, 9.17) is 5.11 Å². The van der Waals surface area contributed by atoms with Crippen molar-refractivity contribution in [1.29, 1.82) is 0 Å². The molecular formula is C16H11NO4. The molecule has 0 saturated heterocycles. The monoisotopic (exact) mass is 281 g/mol. The van der Waals surface area contributed by atoms with Gasteiger partial charge in [0.15, 0.2) is 0 Å². The molecule has 21 heavy (non-hydrogen) atoms. The maximum absolute atomic E-state index is 12.3. The van der Waals surface area contributed by atoms with E-state index in [-0.39, 0.29) is 16.0 Å². The van der Waals surface area contributed by atoms with Crippen LogP contribution >= 0.6 is 0 Å². The van der Waals surface area contributed by atoms with Crippen molar-refractivity contribution in [3.8, 4) is 0 Å². The van der Waals surface area contributed by atoms with Crippen LogP contribution in [0.15, 0.2) is 43.0 Å². The molecule has 5 heteroatoms. The Labute approximate surface area is 120 Å². The fraction of sp³-hybridized carbons (Fsp3) is 0.0625. The minimum absolute atomic E-state index is 0.164. The second-order valence-corrected chi connectivity index (χ2v) is 4.73. The highest BCUT2D eigenvalue weighted by molar-refractivity contribution is 6.32. The van der Waals surface area contributed by atoms with Crippen LogP contribution in [0.1, 0.15) is 26.3 Å². The van der Waals surface area contributed by atoms with Crippen LogP contribution in [0.3, 0.4) is 0 Å². The second-order valence-electron chi connectivity index (χ2n) is 4.73. The summed E-state index contributed by atoms with van der Waals surface area (Å²) in [6.07, 6.45) is 0.445. The van der Waals surface area contributed by atoms with Gasteiger partial charge in [-0.3, -0.25) is 9.59 Å². The lowest BCUT2D eigenvalue weighted by molar-refractivity contribution is 0.0651. The van der Waals surface area contributed by atoms with Gasteiger partial charge in [0, 0.05) is 0 Å². The number of fused-ring (bicyclic) bond motifs is 3. The zero-order chi connectivity index (χ0) is 15.1. The number of hydrogen-bond acceptors (Lipinski definition) is 3. The van der Waals surface area contributed by atoms with E-state index in [0.717, 1.165) is 5.39 Å². The van der Waals surface area contributed by atoms with E-state index >= 15 is 0 Å². The van der Waals surface area contributed by atoms with E-state index in [9.17, 15) is 14.4 Å². The van der Waals surface area contributed by atoms with E-state index in [1.165, 1.54) is 0 Å². The average molecular weight is 281 g/mol. The maximum Gasteiger partial charge on any atom is 0.421 e. The summed E-state index contributed by atoms with van der Waals surface area (Å²) in [6, 6.07) is 8.90. The molecule has 0 atom stereocenters. The van der Waals surface area contributed by atoms with Crippen molar-refractivity contribution in [1.82, 2.24) is 4.90 Å². The Bertz CT molecular complexity index is 822. The van der Waals surface area contributed by atoms with Crippen molar-refractivity contribution in [2.45, 2.75) is 6.42 Å². The molecule has 0 radical (unpaired) electrons. The molecule has 0 fully saturated rings. The highest BCUT2D eigenvalue weighted by atomic mass is 16.4. The van der Waals surface area contributed by atoms with Crippen LogP contribution in [0.5, 0.6) is 0 Å². The molecule has 0 spiro atoms. The van der Waals surface area contributed by atoms with E-state index in [1.54, 1.807) is 24.3 Å². The molecule has 2 aromatic rings. The quantitative estimate of drug-likeness (QED) is 0.678. The van der Waals surface area contributed by atoms with E-state index < -0.39 is 17.9 Å². The summed E-state index contributed by atoms with van der Waals surface area (Å²) in [7, 11) is 0. The van der Waals surface area contributed by atoms with Gasteiger partial charge in [-0.05, 0) is 28.8 Å². The van der Waals surface area contributed by atoms with Crippen molar-refractivity contribution in [3.05, 3.63) is 59.7 Å². The molecule has 1 heterocycles. The zero-order valence-electron chi connectivity index (χ0n) is 11.0. The molecule has 3 amide bonds. The number of imide groups is 3. The van der Waals surface area contributed by atoms with Crippen LogP contribution in [-0.2, 0) is 6.42 Å². The first kappa shape index (κ1) is 13.1. The number of carbonyl (C=O) groups is 3. The molecule has 0 bridgehead atoms. The Hall–Kier alpha value is -2.95. The fourth-order valence-corrected chi connectivity index (χ4v) is 2.68. The van der Waals surface area contributed by atoms with Gasteiger partial charge in [0.05, 0.1) is 11.1 Å². The lowest BCUT2D eigenvalue weighted by Crippen LogP contribution is -2.34. The number of amides is 3. The minimum Gasteiger partial charge on any atom is -0.464 e. The minimum atomic E-state index is -1.56. The smallest absolute Gasteiger partial charge is 0.421 e. The number of allylic oxidation sites excluding steroid dienone is 1. The molecular weight excluding hydrogens is 270 g/mol. The van der Waals surface area contributed by atoms with Gasteiger partial charge in [0.2, 0.25) is 0 Å². The van der Waals surface area contributed by atoms with Crippen LogP contribution in [0.25, 0.3) is 10.8 Å². The topological polar surface area (TPSA) is 74.7 Å². The first-order valence-corrected chi connectivity index (χ1v) is 6.33. The summed E-state index contributed by atoms with van der Waals surface area (Å²) in [6.45, 7) is 3.63. The average Bonchev–Trinajstić information content (AvgIpc) is 2.72. The number of hydrogen-bond donors (Lipinski definition) is 1. The van der Waals surface area contributed by atoms with Crippen LogP contribution in [0.4, 0.5) is 4.79 Å². The van der Waals surface area contributed by atoms with Gasteiger partial charge in [-0.2, -0.15) is 4.90 Å². The first-order chi connectivity index (χ1) is 10.1. The van der Waals surface area contributed by atoms with Crippen molar-refractivity contribution < 1.29 is 19.5 Å². The van der Waals surface area contributed by atoms with Gasteiger partial charge in [0.1, 0.15) is 0 Å². The predicted molar refractivity (Wildman–Crippen MR) is 76.4 cm³/mol. The predicted octanol–water partition coefficient (Wildman–Crippen LogP) is 2.84. The van der Waals surface area contributed by atoms with Gasteiger partial charge in [-0.15, -0.1) is 6.58 Å². The Balaban J connectivity index is 2.40. The third-order valence-electron chi connectivity index (χ3n) is 3.52. The van der Waals surface area contributed by atoms with Gasteiger partial charge in [-0.25, -0.2) is 4.79 Å². The third kappa shape index (κ3) is 1.74. The highest BCUT2D eigenvalue weighted by Gasteiger charge is 2.42. The Morgan fingerprint density at radius 1 is 1.19 bits per heavy atom. The summed E-state index contributed by atoms with van der Waals surface area (Å²) in [4.78, 5) is 36.0. The van der Waals surface area contributed by atoms with Crippen LogP contribution in [0.2, 0.25) is 0 Å². The number of carbonyl (C=O) groups excluding carboxylic acids is 2. The molecule has 104 valence electrons. The van der Waals surface area contributed by atoms with Crippen molar-refractivity contribution in [2.24, 2.45) is 0 Å². The lowest BCUT2D eigenvalue weighted by Gasteiger charge is -2.07. The SMILES string of the molecule is C=CCc1cc2ccccc2c2c1C(=O)N(C(=O)O)C2=O. The maximum atomic E-state index is 12.3. The Morgan fingerprint density at radius 3 is 2.52 bits per heavy atom. The van der Waals surface area contributed by atoms with Gasteiger partial charge in [0.25, 0.3) is 11.8 Å². The molecule has 2 aromatic carbocycles. The van der Waals surface area contributed by atoms with E-state index in [1.807, 2.05) is 12.1 Å². The Kier molecular flexibility index (Phi) is 2.83. The van der Waals surface area contributed by atoms with E-state index in [0.29, 0.717) is 17.4 Å². The number of carboxylic acid groups (broad SMARTS) is 1. The molecule has 1 N–H and O–H groups in total. The van der Waals surface area contributed by atoms with Crippen molar-refractivity contribution in [2.75, 3.05) is 0 Å². The number of rotatable bonds is 2. The second kappa shape index (κ2) is 4.56. The standard InChI is InChI=1S/C16H11NO4/c1-2-5-10-8-9-6-3-4-7-11(9)13-12(10)14(18)17(15(13)19)16(20)21/h2-4,6-8H,1,5H2,(H,20,21). The van der Waals surface area contributed by atoms with Crippen LogP contribution in [0, 0.1) is 0 Å². The number of nitrogens with zero attached hydrogens (tertiary/aromatic N) is 1. The summed E-state index contributed by atoms with van der Waals surface area (Å²) in [5.41, 5.74) is 0.944.